The average molecular weight is 216 g/mol. The van der Waals surface area contributed by atoms with Crippen molar-refractivity contribution in [1.29, 1.82) is 0 Å². The quantitative estimate of drug-likeness (QED) is 0.749. The van der Waals surface area contributed by atoms with Crippen molar-refractivity contribution in [3.05, 3.63) is 42.0 Å². The summed E-state index contributed by atoms with van der Waals surface area (Å²) >= 11 is 0. The van der Waals surface area contributed by atoms with Crippen LogP contribution in [0.5, 0.6) is 0 Å². The van der Waals surface area contributed by atoms with E-state index < -0.39 is 0 Å². The lowest BCUT2D eigenvalue weighted by Crippen LogP contribution is -2.06. The van der Waals surface area contributed by atoms with E-state index in [4.69, 9.17) is 0 Å². The van der Waals surface area contributed by atoms with Gasteiger partial charge in [0.1, 0.15) is 5.78 Å². The van der Waals surface area contributed by atoms with Gasteiger partial charge in [-0.15, -0.1) is 5.10 Å². The van der Waals surface area contributed by atoms with Gasteiger partial charge in [-0.1, -0.05) is 5.21 Å². The van der Waals surface area contributed by atoms with Crippen LogP contribution in [-0.4, -0.2) is 25.8 Å². The Morgan fingerprint density at radius 3 is 2.69 bits per heavy atom. The highest BCUT2D eigenvalue weighted by atomic mass is 16.1. The van der Waals surface area contributed by atoms with E-state index in [-0.39, 0.29) is 5.78 Å². The number of aryl methyl sites for hydroxylation is 1. The van der Waals surface area contributed by atoms with Crippen LogP contribution in [0, 0.1) is 0 Å². The van der Waals surface area contributed by atoms with Gasteiger partial charge in [0.15, 0.2) is 0 Å². The maximum absolute atomic E-state index is 11.7. The van der Waals surface area contributed by atoms with Crippen LogP contribution in [0.4, 0.5) is 0 Å². The molecule has 2 aromatic rings. The van der Waals surface area contributed by atoms with Crippen LogP contribution in [0.15, 0.2) is 30.7 Å². The Bertz CT molecular complexity index is 478. The highest BCUT2D eigenvalue weighted by Gasteiger charge is 2.07. The lowest BCUT2D eigenvalue weighted by Gasteiger charge is -1.98. The first-order valence-corrected chi connectivity index (χ1v) is 5.00. The zero-order valence-electron chi connectivity index (χ0n) is 9.00. The molecule has 0 amide bonds. The summed E-state index contributed by atoms with van der Waals surface area (Å²) in [4.78, 5) is 15.6. The Kier molecular flexibility index (Phi) is 3.05. The fraction of sp³-hybridized carbons (Fsp3) is 0.273. The standard InChI is InChI=1S/C11H12N4O/c1-15-8-10(13-14-15)7-11(16)6-9-2-4-12-5-3-9/h2-5,8H,6-7H2,1H3. The second-order valence-electron chi connectivity index (χ2n) is 3.63. The first kappa shape index (κ1) is 10.5. The monoisotopic (exact) mass is 216 g/mol. The minimum Gasteiger partial charge on any atom is -0.299 e. The van der Waals surface area contributed by atoms with Crippen molar-refractivity contribution in [1.82, 2.24) is 20.0 Å². The summed E-state index contributed by atoms with van der Waals surface area (Å²) in [5.74, 6) is 0.131. The van der Waals surface area contributed by atoms with Crippen LogP contribution in [0.3, 0.4) is 0 Å². The number of carbonyl (C=O) groups excluding carboxylic acids is 1. The van der Waals surface area contributed by atoms with Gasteiger partial charge in [-0.05, 0) is 17.7 Å². The summed E-state index contributed by atoms with van der Waals surface area (Å²) in [5, 5.41) is 7.66. The summed E-state index contributed by atoms with van der Waals surface area (Å²) in [7, 11) is 1.78. The maximum Gasteiger partial charge on any atom is 0.143 e. The van der Waals surface area contributed by atoms with Gasteiger partial charge in [-0.2, -0.15) is 0 Å². The van der Waals surface area contributed by atoms with Crippen molar-refractivity contribution < 1.29 is 4.79 Å². The van der Waals surface area contributed by atoms with E-state index in [0.29, 0.717) is 18.5 Å². The molecule has 0 saturated heterocycles. The molecule has 0 unspecified atom stereocenters. The summed E-state index contributed by atoms with van der Waals surface area (Å²) in [5.41, 5.74) is 1.69. The number of carbonyl (C=O) groups is 1. The van der Waals surface area contributed by atoms with Crippen LogP contribution in [0.1, 0.15) is 11.3 Å². The van der Waals surface area contributed by atoms with Crippen molar-refractivity contribution in [2.24, 2.45) is 7.05 Å². The van der Waals surface area contributed by atoms with E-state index >= 15 is 0 Å². The van der Waals surface area contributed by atoms with E-state index in [1.54, 1.807) is 30.3 Å². The number of pyridine rings is 1. The summed E-state index contributed by atoms with van der Waals surface area (Å²) < 4.78 is 1.59. The third kappa shape index (κ3) is 2.73. The van der Waals surface area contributed by atoms with E-state index in [2.05, 4.69) is 15.3 Å². The molecule has 2 heterocycles. The predicted molar refractivity (Wildman–Crippen MR) is 57.7 cm³/mol. The molecule has 0 N–H and O–H groups in total. The molecule has 0 aromatic carbocycles. The van der Waals surface area contributed by atoms with Gasteiger partial charge in [0, 0.05) is 32.1 Å². The Hall–Kier alpha value is -2.04. The van der Waals surface area contributed by atoms with Crippen LogP contribution in [0.2, 0.25) is 0 Å². The molecule has 5 heteroatoms. The molecule has 0 radical (unpaired) electrons. The number of ketones is 1. The third-order valence-electron chi connectivity index (χ3n) is 2.18. The third-order valence-corrected chi connectivity index (χ3v) is 2.18. The zero-order valence-corrected chi connectivity index (χ0v) is 9.00. The Balaban J connectivity index is 1.95. The summed E-state index contributed by atoms with van der Waals surface area (Å²) in [6.45, 7) is 0. The maximum atomic E-state index is 11.7. The molecule has 5 nitrogen and oxygen atoms in total. The van der Waals surface area contributed by atoms with Gasteiger partial charge in [0.2, 0.25) is 0 Å². The number of hydrogen-bond acceptors (Lipinski definition) is 4. The lowest BCUT2D eigenvalue weighted by molar-refractivity contribution is -0.117. The molecule has 0 fully saturated rings. The zero-order chi connectivity index (χ0) is 11.4. The molecular weight excluding hydrogens is 204 g/mol. The van der Waals surface area contributed by atoms with Crippen molar-refractivity contribution in [2.75, 3.05) is 0 Å². The fourth-order valence-corrected chi connectivity index (χ4v) is 1.47. The normalized spacial score (nSPS) is 10.3. The SMILES string of the molecule is Cn1cc(CC(=O)Cc2ccncc2)nn1. The predicted octanol–water partition coefficient (Wildman–Crippen LogP) is 0.564. The number of hydrogen-bond donors (Lipinski definition) is 0. The first-order chi connectivity index (χ1) is 7.74. The van der Waals surface area contributed by atoms with Gasteiger partial charge in [0.05, 0.1) is 12.1 Å². The second kappa shape index (κ2) is 4.65. The first-order valence-electron chi connectivity index (χ1n) is 5.00. The van der Waals surface area contributed by atoms with Crippen LogP contribution in [-0.2, 0) is 24.7 Å². The average Bonchev–Trinajstić information content (AvgIpc) is 2.65. The van der Waals surface area contributed by atoms with E-state index in [1.165, 1.54) is 0 Å². The van der Waals surface area contributed by atoms with Crippen molar-refractivity contribution in [2.45, 2.75) is 12.8 Å². The number of Topliss-reactive ketones (excluding diaryl/α,β-unsaturated/α-hetero) is 1. The van der Waals surface area contributed by atoms with Crippen molar-refractivity contribution >= 4 is 5.78 Å². The molecule has 2 aromatic heterocycles. The topological polar surface area (TPSA) is 60.7 Å². The molecule has 82 valence electrons. The van der Waals surface area contributed by atoms with Gasteiger partial charge in [-0.25, -0.2) is 0 Å². The molecule has 0 saturated carbocycles. The largest absolute Gasteiger partial charge is 0.299 e. The Morgan fingerprint density at radius 2 is 2.06 bits per heavy atom. The number of aromatic nitrogens is 4. The molecule has 0 aliphatic heterocycles. The number of nitrogens with zero attached hydrogens (tertiary/aromatic N) is 4. The van der Waals surface area contributed by atoms with Gasteiger partial charge in [0.25, 0.3) is 0 Å². The molecule has 0 atom stereocenters. The van der Waals surface area contributed by atoms with Crippen molar-refractivity contribution in [3.8, 4) is 0 Å². The minimum atomic E-state index is 0.131. The Morgan fingerprint density at radius 1 is 1.31 bits per heavy atom. The molecular formula is C11H12N4O. The smallest absolute Gasteiger partial charge is 0.143 e. The van der Waals surface area contributed by atoms with Gasteiger partial charge < -0.3 is 0 Å². The highest BCUT2D eigenvalue weighted by molar-refractivity contribution is 5.82. The van der Waals surface area contributed by atoms with E-state index in [0.717, 1.165) is 5.56 Å². The molecule has 0 aliphatic carbocycles. The summed E-state index contributed by atoms with van der Waals surface area (Å²) in [6.07, 6.45) is 5.87. The molecule has 0 aliphatic rings. The van der Waals surface area contributed by atoms with Crippen LogP contribution < -0.4 is 0 Å². The van der Waals surface area contributed by atoms with Crippen LogP contribution >= 0.6 is 0 Å². The second-order valence-corrected chi connectivity index (χ2v) is 3.63. The fourth-order valence-electron chi connectivity index (χ4n) is 1.47. The highest BCUT2D eigenvalue weighted by Crippen LogP contribution is 2.02. The number of rotatable bonds is 4. The lowest BCUT2D eigenvalue weighted by atomic mass is 10.1. The van der Waals surface area contributed by atoms with E-state index in [1.807, 2.05) is 12.1 Å². The molecule has 0 spiro atoms. The molecule has 2 rings (SSSR count). The summed E-state index contributed by atoms with van der Waals surface area (Å²) in [6, 6.07) is 3.68. The molecule has 0 bridgehead atoms. The van der Waals surface area contributed by atoms with Gasteiger partial charge >= 0.3 is 0 Å². The molecule has 16 heavy (non-hydrogen) atoms. The van der Waals surface area contributed by atoms with Crippen molar-refractivity contribution in [3.63, 3.8) is 0 Å². The minimum absolute atomic E-state index is 0.131. The van der Waals surface area contributed by atoms with E-state index in [9.17, 15) is 4.79 Å². The Labute approximate surface area is 93.1 Å². The van der Waals surface area contributed by atoms with Gasteiger partial charge in [-0.3, -0.25) is 14.5 Å². The van der Waals surface area contributed by atoms with Crippen LogP contribution in [0.25, 0.3) is 0 Å².